The molecule has 0 heterocycles. The molecule has 0 bridgehead atoms. The summed E-state index contributed by atoms with van der Waals surface area (Å²) in [6, 6.07) is 4.28. The van der Waals surface area contributed by atoms with Gasteiger partial charge in [0, 0.05) is 10.1 Å². The minimum atomic E-state index is -0.734. The van der Waals surface area contributed by atoms with Crippen LogP contribution in [0.5, 0.6) is 0 Å². The van der Waals surface area contributed by atoms with Crippen LogP contribution in [-0.4, -0.2) is 16.3 Å². The van der Waals surface area contributed by atoms with Crippen molar-refractivity contribution in [2.24, 2.45) is 0 Å². The van der Waals surface area contributed by atoms with E-state index in [1.54, 1.807) is 11.8 Å². The van der Waals surface area contributed by atoms with Gasteiger partial charge in [0.25, 0.3) is 0 Å². The summed E-state index contributed by atoms with van der Waals surface area (Å²) in [7, 11) is 0. The Balaban J connectivity index is 2.85. The molecule has 1 atom stereocenters. The molecule has 0 fully saturated rings. The Hall–Kier alpha value is -0.960. The van der Waals surface area contributed by atoms with Gasteiger partial charge in [0.05, 0.1) is 6.42 Å². The molecule has 2 nitrogen and oxygen atoms in total. The van der Waals surface area contributed by atoms with Crippen LogP contribution in [0, 0.1) is 20.8 Å². The van der Waals surface area contributed by atoms with Gasteiger partial charge in [-0.2, -0.15) is 0 Å². The molecule has 0 saturated carbocycles. The molecule has 1 aromatic carbocycles. The van der Waals surface area contributed by atoms with Crippen LogP contribution in [-0.2, 0) is 4.79 Å². The van der Waals surface area contributed by atoms with Crippen LogP contribution in [0.2, 0.25) is 0 Å². The molecular formula is C13H18O2S. The Morgan fingerprint density at radius 1 is 1.31 bits per heavy atom. The topological polar surface area (TPSA) is 37.3 Å². The van der Waals surface area contributed by atoms with Crippen LogP contribution >= 0.6 is 11.8 Å². The van der Waals surface area contributed by atoms with E-state index in [2.05, 4.69) is 32.9 Å². The molecule has 0 saturated heterocycles. The van der Waals surface area contributed by atoms with Crippen molar-refractivity contribution < 1.29 is 9.90 Å². The molecule has 0 aliphatic heterocycles. The second-order valence-corrected chi connectivity index (χ2v) is 5.70. The van der Waals surface area contributed by atoms with Gasteiger partial charge in [0.15, 0.2) is 0 Å². The molecule has 88 valence electrons. The van der Waals surface area contributed by atoms with Gasteiger partial charge in [0.2, 0.25) is 0 Å². The van der Waals surface area contributed by atoms with Crippen molar-refractivity contribution in [3.63, 3.8) is 0 Å². The molecule has 0 radical (unpaired) electrons. The van der Waals surface area contributed by atoms with Crippen LogP contribution in [0.15, 0.2) is 17.0 Å². The maximum absolute atomic E-state index is 10.6. The first-order valence-electron chi connectivity index (χ1n) is 5.36. The van der Waals surface area contributed by atoms with Crippen molar-refractivity contribution in [2.45, 2.75) is 44.3 Å². The highest BCUT2D eigenvalue weighted by atomic mass is 32.2. The van der Waals surface area contributed by atoms with Crippen molar-refractivity contribution in [1.29, 1.82) is 0 Å². The van der Waals surface area contributed by atoms with Gasteiger partial charge in [-0.3, -0.25) is 4.79 Å². The fourth-order valence-corrected chi connectivity index (χ4v) is 2.96. The molecule has 0 amide bonds. The van der Waals surface area contributed by atoms with Gasteiger partial charge in [0.1, 0.15) is 0 Å². The average Bonchev–Trinajstić information content (AvgIpc) is 2.09. The highest BCUT2D eigenvalue weighted by molar-refractivity contribution is 8.00. The molecule has 16 heavy (non-hydrogen) atoms. The maximum Gasteiger partial charge on any atom is 0.304 e. The third-order valence-corrected chi connectivity index (χ3v) is 3.83. The number of aliphatic carboxylic acids is 1. The summed E-state index contributed by atoms with van der Waals surface area (Å²) in [5, 5.41) is 8.84. The Bertz CT molecular complexity index is 376. The summed E-state index contributed by atoms with van der Waals surface area (Å²) in [6.45, 7) is 8.19. The van der Waals surface area contributed by atoms with E-state index < -0.39 is 5.97 Å². The van der Waals surface area contributed by atoms with E-state index in [1.165, 1.54) is 21.6 Å². The monoisotopic (exact) mass is 238 g/mol. The van der Waals surface area contributed by atoms with Crippen LogP contribution in [0.1, 0.15) is 30.0 Å². The highest BCUT2D eigenvalue weighted by Gasteiger charge is 2.12. The Kier molecular flexibility index (Phi) is 4.42. The summed E-state index contributed by atoms with van der Waals surface area (Å²) < 4.78 is 0. The molecule has 1 unspecified atom stereocenters. The van der Waals surface area contributed by atoms with Crippen LogP contribution in [0.4, 0.5) is 0 Å². The van der Waals surface area contributed by atoms with Gasteiger partial charge in [-0.05, 0) is 31.9 Å². The van der Waals surface area contributed by atoms with E-state index >= 15 is 0 Å². The summed E-state index contributed by atoms with van der Waals surface area (Å²) in [5.41, 5.74) is 3.73. The molecule has 0 aromatic heterocycles. The molecule has 1 rings (SSSR count). The maximum atomic E-state index is 10.6. The smallest absolute Gasteiger partial charge is 0.304 e. The van der Waals surface area contributed by atoms with Crippen molar-refractivity contribution in [3.05, 3.63) is 28.8 Å². The average molecular weight is 238 g/mol. The zero-order valence-corrected chi connectivity index (χ0v) is 11.0. The van der Waals surface area contributed by atoms with E-state index in [-0.39, 0.29) is 11.7 Å². The van der Waals surface area contributed by atoms with Gasteiger partial charge >= 0.3 is 5.97 Å². The molecule has 0 aliphatic rings. The number of thioether (sulfide) groups is 1. The van der Waals surface area contributed by atoms with Crippen LogP contribution in [0.3, 0.4) is 0 Å². The van der Waals surface area contributed by atoms with Crippen molar-refractivity contribution in [3.8, 4) is 0 Å². The Morgan fingerprint density at radius 2 is 1.81 bits per heavy atom. The van der Waals surface area contributed by atoms with Gasteiger partial charge in [-0.15, -0.1) is 11.8 Å². The standard InChI is InChI=1S/C13H18O2S/c1-8-5-9(2)13(10(3)6-8)16-11(4)7-12(14)15/h5-6,11H,7H2,1-4H3,(H,14,15). The highest BCUT2D eigenvalue weighted by Crippen LogP contribution is 2.31. The number of rotatable bonds is 4. The van der Waals surface area contributed by atoms with Gasteiger partial charge < -0.3 is 5.11 Å². The van der Waals surface area contributed by atoms with Crippen molar-refractivity contribution in [2.75, 3.05) is 0 Å². The number of carbonyl (C=O) groups is 1. The number of carboxylic acids is 1. The molecule has 1 aromatic rings. The second kappa shape index (κ2) is 5.39. The number of hydrogen-bond donors (Lipinski definition) is 1. The number of aryl methyl sites for hydroxylation is 3. The zero-order chi connectivity index (χ0) is 12.3. The SMILES string of the molecule is Cc1cc(C)c(SC(C)CC(=O)O)c(C)c1. The van der Waals surface area contributed by atoms with Crippen LogP contribution in [0.25, 0.3) is 0 Å². The predicted octanol–water partition coefficient (Wildman–Crippen LogP) is 3.57. The zero-order valence-electron chi connectivity index (χ0n) is 10.2. The number of carboxylic acid groups (broad SMARTS) is 1. The predicted molar refractivity (Wildman–Crippen MR) is 68.2 cm³/mol. The lowest BCUT2D eigenvalue weighted by atomic mass is 10.1. The first-order valence-corrected chi connectivity index (χ1v) is 6.24. The second-order valence-electron chi connectivity index (χ2n) is 4.25. The number of hydrogen-bond acceptors (Lipinski definition) is 2. The fraction of sp³-hybridized carbons (Fsp3) is 0.462. The van der Waals surface area contributed by atoms with Gasteiger partial charge in [-0.1, -0.05) is 24.6 Å². The van der Waals surface area contributed by atoms with E-state index in [0.717, 1.165) is 0 Å². The quantitative estimate of drug-likeness (QED) is 0.815. The van der Waals surface area contributed by atoms with Crippen LogP contribution < -0.4 is 0 Å². The summed E-state index contributed by atoms with van der Waals surface area (Å²) in [4.78, 5) is 11.8. The molecule has 0 spiro atoms. The minimum Gasteiger partial charge on any atom is -0.481 e. The van der Waals surface area contributed by atoms with E-state index in [9.17, 15) is 4.79 Å². The third-order valence-electron chi connectivity index (χ3n) is 2.39. The lowest BCUT2D eigenvalue weighted by Crippen LogP contribution is -2.06. The van der Waals surface area contributed by atoms with Crippen molar-refractivity contribution in [1.82, 2.24) is 0 Å². The molecule has 1 N–H and O–H groups in total. The normalized spacial score (nSPS) is 12.5. The summed E-state index contributed by atoms with van der Waals surface area (Å²) >= 11 is 1.65. The number of benzene rings is 1. The molecule has 0 aliphatic carbocycles. The molecule has 3 heteroatoms. The first kappa shape index (κ1) is 13.1. The van der Waals surface area contributed by atoms with E-state index in [0.29, 0.717) is 0 Å². The lowest BCUT2D eigenvalue weighted by Gasteiger charge is -2.14. The summed E-state index contributed by atoms with van der Waals surface area (Å²) in [6.07, 6.45) is 0.206. The fourth-order valence-electron chi connectivity index (χ4n) is 1.84. The van der Waals surface area contributed by atoms with E-state index in [4.69, 9.17) is 5.11 Å². The third kappa shape index (κ3) is 3.56. The van der Waals surface area contributed by atoms with E-state index in [1.807, 2.05) is 6.92 Å². The minimum absolute atomic E-state index is 0.109. The lowest BCUT2D eigenvalue weighted by molar-refractivity contribution is -0.136. The Labute approximate surface area is 101 Å². The molecular weight excluding hydrogens is 220 g/mol. The first-order chi connectivity index (χ1) is 7.40. The Morgan fingerprint density at radius 3 is 2.25 bits per heavy atom. The van der Waals surface area contributed by atoms with Crippen molar-refractivity contribution >= 4 is 17.7 Å². The van der Waals surface area contributed by atoms with Gasteiger partial charge in [-0.25, -0.2) is 0 Å². The summed E-state index contributed by atoms with van der Waals surface area (Å²) in [5.74, 6) is -0.734. The largest absolute Gasteiger partial charge is 0.481 e.